The summed E-state index contributed by atoms with van der Waals surface area (Å²) in [6.07, 6.45) is 0.844. The number of nitrogens with two attached hydrogens (primary N) is 3. The van der Waals surface area contributed by atoms with Crippen molar-refractivity contribution in [1.82, 2.24) is 5.43 Å². The quantitative estimate of drug-likeness (QED) is 0.371. The van der Waals surface area contributed by atoms with Gasteiger partial charge in [0.25, 0.3) is 0 Å². The fraction of sp³-hybridized carbons (Fsp3) is 0.0714. The fourth-order valence-electron chi connectivity index (χ4n) is 1.81. The number of benzene rings is 2. The second-order valence-electron chi connectivity index (χ2n) is 3.78. The molecule has 19 heavy (non-hydrogen) atoms. The number of nitrogens with one attached hydrogen (secondary N) is 1. The molecule has 5 nitrogen and oxygen atoms in total. The molecule has 7 N–H and O–H groups in total. The molecule has 0 saturated heterocycles. The first-order valence-corrected chi connectivity index (χ1v) is 5.75. The lowest BCUT2D eigenvalue weighted by Crippen LogP contribution is -2.21. The van der Waals surface area contributed by atoms with Crippen LogP contribution in [0.4, 0.5) is 0 Å². The molecule has 0 amide bonds. The van der Waals surface area contributed by atoms with Crippen LogP contribution in [0.15, 0.2) is 48.5 Å². The first kappa shape index (κ1) is 15.0. The number of aldehydes is 1. The van der Waals surface area contributed by atoms with Crippen LogP contribution >= 0.6 is 0 Å². The molecule has 0 bridgehead atoms. The van der Waals surface area contributed by atoms with E-state index in [0.29, 0.717) is 12.1 Å². The molecule has 0 unspecified atom stereocenters. The molecule has 100 valence electrons. The second kappa shape index (κ2) is 8.12. The molecular formula is C14H18N4O. The van der Waals surface area contributed by atoms with Crippen molar-refractivity contribution in [3.8, 4) is 11.1 Å². The van der Waals surface area contributed by atoms with Gasteiger partial charge in [0.2, 0.25) is 0 Å². The van der Waals surface area contributed by atoms with E-state index in [1.54, 1.807) is 0 Å². The Labute approximate surface area is 112 Å². The molecule has 0 atom stereocenters. The van der Waals surface area contributed by atoms with Gasteiger partial charge >= 0.3 is 0 Å². The van der Waals surface area contributed by atoms with Crippen LogP contribution in [0.5, 0.6) is 0 Å². The van der Waals surface area contributed by atoms with E-state index < -0.39 is 0 Å². The van der Waals surface area contributed by atoms with Crippen LogP contribution in [0, 0.1) is 0 Å². The summed E-state index contributed by atoms with van der Waals surface area (Å²) in [6, 6.07) is 15.6. The molecule has 0 aromatic heterocycles. The molecule has 0 spiro atoms. The van der Waals surface area contributed by atoms with E-state index in [1.807, 2.05) is 48.5 Å². The number of hydrogen-bond acceptors (Lipinski definition) is 5. The SMILES string of the molecule is NN.NNCc1ccccc1-c1ccc(C=O)cc1. The first-order chi connectivity index (χ1) is 9.35. The molecule has 2 aromatic carbocycles. The topological polar surface area (TPSA) is 107 Å². The third kappa shape index (κ3) is 3.97. The monoisotopic (exact) mass is 258 g/mol. The molecular weight excluding hydrogens is 240 g/mol. The van der Waals surface area contributed by atoms with Crippen LogP contribution in [0.2, 0.25) is 0 Å². The summed E-state index contributed by atoms with van der Waals surface area (Å²) in [5.41, 5.74) is 6.69. The summed E-state index contributed by atoms with van der Waals surface area (Å²) in [5.74, 6) is 13.4. The van der Waals surface area contributed by atoms with Gasteiger partial charge in [-0.2, -0.15) is 0 Å². The van der Waals surface area contributed by atoms with Gasteiger partial charge in [-0.25, -0.2) is 0 Å². The van der Waals surface area contributed by atoms with Crippen LogP contribution in [-0.2, 0) is 6.54 Å². The molecule has 2 rings (SSSR count). The average Bonchev–Trinajstić information content (AvgIpc) is 2.50. The van der Waals surface area contributed by atoms with Gasteiger partial charge in [-0.1, -0.05) is 48.5 Å². The second-order valence-corrected chi connectivity index (χ2v) is 3.78. The maximum Gasteiger partial charge on any atom is 0.150 e. The van der Waals surface area contributed by atoms with Gasteiger partial charge in [0.15, 0.2) is 0 Å². The van der Waals surface area contributed by atoms with Crippen LogP contribution in [-0.4, -0.2) is 6.29 Å². The molecule has 5 heteroatoms. The molecule has 2 aromatic rings. The lowest BCUT2D eigenvalue weighted by Gasteiger charge is -2.09. The lowest BCUT2D eigenvalue weighted by molar-refractivity contribution is 0.112. The Hall–Kier alpha value is -2.05. The largest absolute Gasteiger partial charge is 0.298 e. The zero-order chi connectivity index (χ0) is 14.1. The van der Waals surface area contributed by atoms with Gasteiger partial charge in [0.1, 0.15) is 6.29 Å². The average molecular weight is 258 g/mol. The Balaban J connectivity index is 0.000000861. The first-order valence-electron chi connectivity index (χ1n) is 5.75. The van der Waals surface area contributed by atoms with Gasteiger partial charge in [-0.15, -0.1) is 0 Å². The number of hydrogen-bond donors (Lipinski definition) is 4. The van der Waals surface area contributed by atoms with Gasteiger partial charge in [0.05, 0.1) is 0 Å². The van der Waals surface area contributed by atoms with E-state index in [4.69, 9.17) is 5.84 Å². The Morgan fingerprint density at radius 1 is 1.00 bits per heavy atom. The highest BCUT2D eigenvalue weighted by molar-refractivity contribution is 5.77. The zero-order valence-corrected chi connectivity index (χ0v) is 10.5. The van der Waals surface area contributed by atoms with E-state index in [2.05, 4.69) is 17.1 Å². The van der Waals surface area contributed by atoms with Crippen LogP contribution in [0.25, 0.3) is 11.1 Å². The Morgan fingerprint density at radius 2 is 1.63 bits per heavy atom. The Bertz CT molecular complexity index is 511. The third-order valence-corrected chi connectivity index (χ3v) is 2.67. The van der Waals surface area contributed by atoms with Gasteiger partial charge in [-0.3, -0.25) is 27.7 Å². The molecule has 0 radical (unpaired) electrons. The van der Waals surface area contributed by atoms with Gasteiger partial charge < -0.3 is 0 Å². The molecule has 0 heterocycles. The minimum atomic E-state index is 0.617. The molecule has 0 aliphatic rings. The van der Waals surface area contributed by atoms with Crippen molar-refractivity contribution >= 4 is 6.29 Å². The van der Waals surface area contributed by atoms with Crippen molar-refractivity contribution in [3.05, 3.63) is 59.7 Å². The molecule has 0 aliphatic carbocycles. The fourth-order valence-corrected chi connectivity index (χ4v) is 1.81. The Kier molecular flexibility index (Phi) is 6.42. The third-order valence-electron chi connectivity index (χ3n) is 2.67. The van der Waals surface area contributed by atoms with E-state index >= 15 is 0 Å². The van der Waals surface area contributed by atoms with Crippen molar-refractivity contribution in [2.75, 3.05) is 0 Å². The minimum absolute atomic E-state index is 0.617. The van der Waals surface area contributed by atoms with Gasteiger partial charge in [-0.05, 0) is 16.7 Å². The highest BCUT2D eigenvalue weighted by atomic mass is 16.1. The van der Waals surface area contributed by atoms with Crippen molar-refractivity contribution in [2.24, 2.45) is 17.5 Å². The lowest BCUT2D eigenvalue weighted by atomic mass is 9.99. The van der Waals surface area contributed by atoms with Crippen LogP contribution in [0.3, 0.4) is 0 Å². The summed E-state index contributed by atoms with van der Waals surface area (Å²) < 4.78 is 0. The standard InChI is InChI=1S/C14H14N2O.H4N2/c15-16-9-13-3-1-2-4-14(13)12-7-5-11(10-17)6-8-12;1-2/h1-8,10,16H,9,15H2;1-2H2. The molecule has 0 fully saturated rings. The molecule has 0 aliphatic heterocycles. The number of hydrazine groups is 2. The van der Waals surface area contributed by atoms with Crippen LogP contribution < -0.4 is 23.0 Å². The highest BCUT2D eigenvalue weighted by Crippen LogP contribution is 2.23. The van der Waals surface area contributed by atoms with Crippen molar-refractivity contribution < 1.29 is 4.79 Å². The van der Waals surface area contributed by atoms with Crippen molar-refractivity contribution in [2.45, 2.75) is 6.54 Å². The zero-order valence-electron chi connectivity index (χ0n) is 10.5. The van der Waals surface area contributed by atoms with Gasteiger partial charge in [0, 0.05) is 12.1 Å². The summed E-state index contributed by atoms with van der Waals surface area (Å²) in [7, 11) is 0. The smallest absolute Gasteiger partial charge is 0.150 e. The van der Waals surface area contributed by atoms with E-state index in [-0.39, 0.29) is 0 Å². The van der Waals surface area contributed by atoms with Crippen molar-refractivity contribution in [1.29, 1.82) is 0 Å². The normalized spacial score (nSPS) is 9.42. The minimum Gasteiger partial charge on any atom is -0.298 e. The van der Waals surface area contributed by atoms with E-state index in [9.17, 15) is 4.79 Å². The Morgan fingerprint density at radius 3 is 2.21 bits per heavy atom. The predicted octanol–water partition coefficient (Wildman–Crippen LogP) is 0.948. The molecule has 0 saturated carbocycles. The summed E-state index contributed by atoms with van der Waals surface area (Å²) >= 11 is 0. The van der Waals surface area contributed by atoms with E-state index in [1.165, 1.54) is 0 Å². The predicted molar refractivity (Wildman–Crippen MR) is 76.7 cm³/mol. The number of carbonyl (C=O) groups is 1. The van der Waals surface area contributed by atoms with Crippen molar-refractivity contribution in [3.63, 3.8) is 0 Å². The maximum atomic E-state index is 10.6. The number of carbonyl (C=O) groups excluding carboxylic acids is 1. The number of rotatable bonds is 4. The maximum absolute atomic E-state index is 10.6. The van der Waals surface area contributed by atoms with Crippen LogP contribution in [0.1, 0.15) is 15.9 Å². The summed E-state index contributed by atoms with van der Waals surface area (Å²) in [4.78, 5) is 10.6. The highest BCUT2D eigenvalue weighted by Gasteiger charge is 2.03. The van der Waals surface area contributed by atoms with E-state index in [0.717, 1.165) is 23.0 Å². The summed E-state index contributed by atoms with van der Waals surface area (Å²) in [6.45, 7) is 0.617. The summed E-state index contributed by atoms with van der Waals surface area (Å²) in [5, 5.41) is 0.